The molecule has 2 aromatic carbocycles. The molecule has 2 aliphatic rings. The van der Waals surface area contributed by atoms with E-state index >= 15 is 0 Å². The summed E-state index contributed by atoms with van der Waals surface area (Å²) in [5, 5.41) is 0. The number of hydrogen-bond donors (Lipinski definition) is 0. The number of sulfonamides is 1. The fraction of sp³-hybridized carbons (Fsp3) is 0.350. The number of amides is 1. The highest BCUT2D eigenvalue weighted by Gasteiger charge is 2.35. The molecule has 0 radical (unpaired) electrons. The second-order valence-corrected chi connectivity index (χ2v) is 8.90. The summed E-state index contributed by atoms with van der Waals surface area (Å²) in [5.74, 6) is 0.690. The number of benzene rings is 2. The van der Waals surface area contributed by atoms with Crippen LogP contribution >= 0.6 is 0 Å². The average molecular weight is 386 g/mol. The molecule has 1 amide bonds. The smallest absolute Gasteiger partial charge is 0.264 e. The quantitative estimate of drug-likeness (QED) is 0.807. The van der Waals surface area contributed by atoms with E-state index < -0.39 is 16.1 Å². The molecule has 0 unspecified atom stereocenters. The maximum atomic E-state index is 12.8. The molecule has 0 aromatic heterocycles. The van der Waals surface area contributed by atoms with Gasteiger partial charge in [0.05, 0.1) is 4.90 Å². The predicted octanol–water partition coefficient (Wildman–Crippen LogP) is 1.83. The maximum Gasteiger partial charge on any atom is 0.264 e. The van der Waals surface area contributed by atoms with Gasteiger partial charge in [-0.3, -0.25) is 4.79 Å². The molecule has 2 aliphatic heterocycles. The van der Waals surface area contributed by atoms with E-state index in [2.05, 4.69) is 0 Å². The van der Waals surface area contributed by atoms with Gasteiger partial charge in [0.1, 0.15) is 5.75 Å². The second kappa shape index (κ2) is 6.98. The summed E-state index contributed by atoms with van der Waals surface area (Å²) in [6.45, 7) is 3.26. The Morgan fingerprint density at radius 1 is 1.00 bits per heavy atom. The number of carbonyl (C=O) groups excluding carboxylic acids is 1. The van der Waals surface area contributed by atoms with E-state index in [1.165, 1.54) is 4.31 Å². The number of nitrogens with zero attached hydrogens (tertiary/aromatic N) is 2. The number of piperazine rings is 1. The highest BCUT2D eigenvalue weighted by atomic mass is 32.2. The van der Waals surface area contributed by atoms with Gasteiger partial charge in [0.15, 0.2) is 6.10 Å². The summed E-state index contributed by atoms with van der Waals surface area (Å²) in [5.41, 5.74) is 2.05. The number of hydrogen-bond acceptors (Lipinski definition) is 4. The Hall–Kier alpha value is -2.38. The molecule has 0 N–H and O–H groups in total. The largest absolute Gasteiger partial charge is 0.480 e. The molecule has 142 valence electrons. The summed E-state index contributed by atoms with van der Waals surface area (Å²) in [7, 11) is -3.53. The van der Waals surface area contributed by atoms with E-state index in [1.54, 1.807) is 29.2 Å². The first kappa shape index (κ1) is 18.0. The molecule has 0 saturated carbocycles. The van der Waals surface area contributed by atoms with Gasteiger partial charge in [0.25, 0.3) is 5.91 Å². The monoisotopic (exact) mass is 386 g/mol. The average Bonchev–Trinajstić information content (AvgIpc) is 3.12. The van der Waals surface area contributed by atoms with Crippen LogP contribution in [0.2, 0.25) is 0 Å². The summed E-state index contributed by atoms with van der Waals surface area (Å²) >= 11 is 0. The zero-order valence-electron chi connectivity index (χ0n) is 15.2. The van der Waals surface area contributed by atoms with Crippen molar-refractivity contribution in [1.29, 1.82) is 0 Å². The summed E-state index contributed by atoms with van der Waals surface area (Å²) < 4.78 is 32.8. The SMILES string of the molecule is Cc1ccc(S(=O)(=O)N2CCN(C(=O)[C@H]3Cc4ccccc4O3)CC2)cc1. The Morgan fingerprint density at radius 2 is 1.67 bits per heavy atom. The number of fused-ring (bicyclic) bond motifs is 1. The van der Waals surface area contributed by atoms with Gasteiger partial charge >= 0.3 is 0 Å². The van der Waals surface area contributed by atoms with Crippen LogP contribution in [0, 0.1) is 6.92 Å². The third-order valence-electron chi connectivity index (χ3n) is 5.13. The topological polar surface area (TPSA) is 66.9 Å². The van der Waals surface area contributed by atoms with Crippen LogP contribution in [0.3, 0.4) is 0 Å². The van der Waals surface area contributed by atoms with E-state index in [0.717, 1.165) is 16.9 Å². The van der Waals surface area contributed by atoms with Crippen LogP contribution in [-0.4, -0.2) is 55.8 Å². The Kier molecular flexibility index (Phi) is 4.65. The van der Waals surface area contributed by atoms with Gasteiger partial charge < -0.3 is 9.64 Å². The van der Waals surface area contributed by atoms with Crippen molar-refractivity contribution >= 4 is 15.9 Å². The van der Waals surface area contributed by atoms with Crippen LogP contribution in [0.1, 0.15) is 11.1 Å². The van der Waals surface area contributed by atoms with Gasteiger partial charge in [0, 0.05) is 32.6 Å². The normalized spacial score (nSPS) is 20.2. The highest BCUT2D eigenvalue weighted by Crippen LogP contribution is 2.29. The minimum absolute atomic E-state index is 0.0708. The molecule has 4 rings (SSSR count). The number of rotatable bonds is 3. The molecule has 2 aromatic rings. The fourth-order valence-electron chi connectivity index (χ4n) is 3.53. The number of aryl methyl sites for hydroxylation is 1. The van der Waals surface area contributed by atoms with Crippen molar-refractivity contribution in [3.8, 4) is 5.75 Å². The predicted molar refractivity (Wildman–Crippen MR) is 101 cm³/mol. The molecule has 0 aliphatic carbocycles. The van der Waals surface area contributed by atoms with Crippen LogP contribution in [0.5, 0.6) is 5.75 Å². The first-order valence-corrected chi connectivity index (χ1v) is 10.5. The Balaban J connectivity index is 1.39. The van der Waals surface area contributed by atoms with Gasteiger partial charge in [0.2, 0.25) is 10.0 Å². The van der Waals surface area contributed by atoms with Crippen LogP contribution in [0.15, 0.2) is 53.4 Å². The third kappa shape index (κ3) is 3.44. The Morgan fingerprint density at radius 3 is 2.33 bits per heavy atom. The maximum absolute atomic E-state index is 12.8. The van der Waals surface area contributed by atoms with Crippen molar-refractivity contribution < 1.29 is 17.9 Å². The molecule has 6 nitrogen and oxygen atoms in total. The van der Waals surface area contributed by atoms with Gasteiger partial charge in [-0.15, -0.1) is 0 Å². The minimum Gasteiger partial charge on any atom is -0.480 e. The lowest BCUT2D eigenvalue weighted by atomic mass is 10.1. The Labute approximate surface area is 159 Å². The number of para-hydroxylation sites is 1. The first-order chi connectivity index (χ1) is 12.9. The molecule has 0 spiro atoms. The van der Waals surface area contributed by atoms with Crippen LogP contribution in [0.4, 0.5) is 0 Å². The summed E-state index contributed by atoms with van der Waals surface area (Å²) in [6.07, 6.45) is 0.0549. The minimum atomic E-state index is -3.53. The standard InChI is InChI=1S/C20H22N2O4S/c1-15-6-8-17(9-7-15)27(24,25)22-12-10-21(11-13-22)20(23)19-14-16-4-2-3-5-18(16)26-19/h2-9,19H,10-14H2,1H3/t19-/m1/s1. The molecule has 27 heavy (non-hydrogen) atoms. The van der Waals surface area contributed by atoms with E-state index in [9.17, 15) is 13.2 Å². The third-order valence-corrected chi connectivity index (χ3v) is 7.04. The van der Waals surface area contributed by atoms with Crippen LogP contribution in [-0.2, 0) is 21.2 Å². The number of ether oxygens (including phenoxy) is 1. The lowest BCUT2D eigenvalue weighted by Crippen LogP contribution is -2.53. The van der Waals surface area contributed by atoms with E-state index in [4.69, 9.17) is 4.74 Å². The molecule has 1 fully saturated rings. The lowest BCUT2D eigenvalue weighted by Gasteiger charge is -2.35. The zero-order chi connectivity index (χ0) is 19.0. The zero-order valence-corrected chi connectivity index (χ0v) is 16.0. The fourth-order valence-corrected chi connectivity index (χ4v) is 4.95. The molecule has 0 bridgehead atoms. The van der Waals surface area contributed by atoms with E-state index in [1.807, 2.05) is 31.2 Å². The second-order valence-electron chi connectivity index (χ2n) is 6.96. The first-order valence-electron chi connectivity index (χ1n) is 9.05. The molecular formula is C20H22N2O4S. The van der Waals surface area contributed by atoms with Crippen molar-refractivity contribution in [2.75, 3.05) is 26.2 Å². The van der Waals surface area contributed by atoms with Crippen molar-refractivity contribution in [3.63, 3.8) is 0 Å². The summed E-state index contributed by atoms with van der Waals surface area (Å²) in [6, 6.07) is 14.5. The molecule has 2 heterocycles. The van der Waals surface area contributed by atoms with Gasteiger partial charge in [-0.05, 0) is 30.7 Å². The van der Waals surface area contributed by atoms with Crippen LogP contribution in [0.25, 0.3) is 0 Å². The van der Waals surface area contributed by atoms with Crippen molar-refractivity contribution in [1.82, 2.24) is 9.21 Å². The van der Waals surface area contributed by atoms with Gasteiger partial charge in [-0.1, -0.05) is 35.9 Å². The number of carbonyl (C=O) groups is 1. The van der Waals surface area contributed by atoms with Crippen molar-refractivity contribution in [2.24, 2.45) is 0 Å². The van der Waals surface area contributed by atoms with E-state index in [-0.39, 0.29) is 5.91 Å². The summed E-state index contributed by atoms with van der Waals surface area (Å²) in [4.78, 5) is 14.8. The van der Waals surface area contributed by atoms with Crippen molar-refractivity contribution in [2.45, 2.75) is 24.3 Å². The molecular weight excluding hydrogens is 364 g/mol. The molecule has 1 atom stereocenters. The van der Waals surface area contributed by atoms with E-state index in [0.29, 0.717) is 37.5 Å². The van der Waals surface area contributed by atoms with Crippen molar-refractivity contribution in [3.05, 3.63) is 59.7 Å². The highest BCUT2D eigenvalue weighted by molar-refractivity contribution is 7.89. The van der Waals surface area contributed by atoms with Gasteiger partial charge in [-0.25, -0.2) is 8.42 Å². The Bertz CT molecular complexity index is 923. The molecule has 7 heteroatoms. The van der Waals surface area contributed by atoms with Gasteiger partial charge in [-0.2, -0.15) is 4.31 Å². The molecule has 1 saturated heterocycles. The van der Waals surface area contributed by atoms with Crippen LogP contribution < -0.4 is 4.74 Å². The lowest BCUT2D eigenvalue weighted by molar-refractivity contribution is -0.139.